The van der Waals surface area contributed by atoms with E-state index in [0.717, 1.165) is 12.8 Å². The molecule has 2 atom stereocenters. The first-order valence-electron chi connectivity index (χ1n) is 7.03. The van der Waals surface area contributed by atoms with Crippen molar-refractivity contribution in [2.75, 3.05) is 13.2 Å². The SMILES string of the molecule is Cc1ccc(C#N)cc1S(=O)(=O)N1CC(CO)CCC1C. The van der Waals surface area contributed by atoms with Crippen LogP contribution in [0, 0.1) is 24.2 Å². The van der Waals surface area contributed by atoms with E-state index in [4.69, 9.17) is 5.26 Å². The van der Waals surface area contributed by atoms with Crippen LogP contribution < -0.4 is 0 Å². The number of aryl methyl sites for hydroxylation is 1. The molecule has 0 amide bonds. The molecule has 1 aliphatic heterocycles. The normalized spacial score (nSPS) is 23.7. The zero-order valence-corrected chi connectivity index (χ0v) is 13.1. The number of nitrogens with zero attached hydrogens (tertiary/aromatic N) is 2. The molecule has 0 aliphatic carbocycles. The fourth-order valence-corrected chi connectivity index (χ4v) is 4.69. The first-order valence-corrected chi connectivity index (χ1v) is 8.47. The van der Waals surface area contributed by atoms with E-state index in [1.807, 2.05) is 13.0 Å². The van der Waals surface area contributed by atoms with Gasteiger partial charge >= 0.3 is 0 Å². The van der Waals surface area contributed by atoms with Crippen molar-refractivity contribution in [2.24, 2.45) is 5.92 Å². The maximum absolute atomic E-state index is 12.9. The van der Waals surface area contributed by atoms with E-state index in [0.29, 0.717) is 17.7 Å². The third-order valence-corrected chi connectivity index (χ3v) is 6.21. The van der Waals surface area contributed by atoms with Crippen LogP contribution >= 0.6 is 0 Å². The number of sulfonamides is 1. The van der Waals surface area contributed by atoms with E-state index >= 15 is 0 Å². The van der Waals surface area contributed by atoms with Crippen molar-refractivity contribution in [3.63, 3.8) is 0 Å². The summed E-state index contributed by atoms with van der Waals surface area (Å²) in [6.45, 7) is 3.94. The monoisotopic (exact) mass is 308 g/mol. The zero-order valence-electron chi connectivity index (χ0n) is 12.3. The van der Waals surface area contributed by atoms with Crippen LogP contribution in [0.1, 0.15) is 30.9 Å². The second-order valence-corrected chi connectivity index (χ2v) is 7.50. The Labute approximate surface area is 125 Å². The van der Waals surface area contributed by atoms with Gasteiger partial charge in [-0.3, -0.25) is 0 Å². The van der Waals surface area contributed by atoms with Gasteiger partial charge in [0.05, 0.1) is 16.5 Å². The lowest BCUT2D eigenvalue weighted by Gasteiger charge is -2.36. The third kappa shape index (κ3) is 3.10. The maximum Gasteiger partial charge on any atom is 0.243 e. The quantitative estimate of drug-likeness (QED) is 0.920. The largest absolute Gasteiger partial charge is 0.396 e. The Morgan fingerprint density at radius 1 is 1.43 bits per heavy atom. The predicted molar refractivity (Wildman–Crippen MR) is 79.1 cm³/mol. The molecule has 0 saturated carbocycles. The summed E-state index contributed by atoms with van der Waals surface area (Å²) in [7, 11) is -3.65. The first-order chi connectivity index (χ1) is 9.90. The molecule has 1 saturated heterocycles. The molecular weight excluding hydrogens is 288 g/mol. The minimum atomic E-state index is -3.65. The molecule has 1 aliphatic rings. The number of rotatable bonds is 3. The van der Waals surface area contributed by atoms with Crippen LogP contribution in [-0.2, 0) is 10.0 Å². The number of benzene rings is 1. The standard InChI is InChI=1S/C15H20N2O3S/c1-11-3-5-13(8-16)7-15(11)21(19,20)17-9-14(10-18)6-4-12(17)2/h3,5,7,12,14,18H,4,6,9-10H2,1-2H3. The van der Waals surface area contributed by atoms with Gasteiger partial charge < -0.3 is 5.11 Å². The Morgan fingerprint density at radius 3 is 2.76 bits per heavy atom. The molecule has 1 aromatic carbocycles. The van der Waals surface area contributed by atoms with Gasteiger partial charge in [-0.15, -0.1) is 0 Å². The Bertz CT molecular complexity index is 664. The van der Waals surface area contributed by atoms with Crippen molar-refractivity contribution in [2.45, 2.75) is 37.6 Å². The molecule has 5 nitrogen and oxygen atoms in total. The van der Waals surface area contributed by atoms with Crippen LogP contribution in [-0.4, -0.2) is 37.0 Å². The highest BCUT2D eigenvalue weighted by molar-refractivity contribution is 7.89. The predicted octanol–water partition coefficient (Wildman–Crippen LogP) is 1.65. The van der Waals surface area contributed by atoms with Gasteiger partial charge in [0.2, 0.25) is 10.0 Å². The lowest BCUT2D eigenvalue weighted by atomic mass is 9.96. The number of hydrogen-bond donors (Lipinski definition) is 1. The minimum absolute atomic E-state index is 0.00401. The van der Waals surface area contributed by atoms with E-state index in [2.05, 4.69) is 0 Å². The van der Waals surface area contributed by atoms with Gasteiger partial charge in [0.15, 0.2) is 0 Å². The van der Waals surface area contributed by atoms with Crippen molar-refractivity contribution in [3.8, 4) is 6.07 Å². The molecule has 1 heterocycles. The average Bonchev–Trinajstić information content (AvgIpc) is 2.48. The highest BCUT2D eigenvalue weighted by Gasteiger charge is 2.35. The lowest BCUT2D eigenvalue weighted by Crippen LogP contribution is -2.46. The first kappa shape index (κ1) is 16.0. The van der Waals surface area contributed by atoms with Gasteiger partial charge in [-0.25, -0.2) is 8.42 Å². The molecule has 0 radical (unpaired) electrons. The lowest BCUT2D eigenvalue weighted by molar-refractivity contribution is 0.139. The van der Waals surface area contributed by atoms with E-state index < -0.39 is 10.0 Å². The maximum atomic E-state index is 12.9. The molecule has 1 fully saturated rings. The average molecular weight is 308 g/mol. The van der Waals surface area contributed by atoms with Gasteiger partial charge in [-0.05, 0) is 50.3 Å². The van der Waals surface area contributed by atoms with Crippen LogP contribution in [0.4, 0.5) is 0 Å². The van der Waals surface area contributed by atoms with Crippen LogP contribution in [0.3, 0.4) is 0 Å². The van der Waals surface area contributed by atoms with Gasteiger partial charge in [0.25, 0.3) is 0 Å². The zero-order chi connectivity index (χ0) is 15.6. The number of aliphatic hydroxyl groups excluding tert-OH is 1. The van der Waals surface area contributed by atoms with Crippen molar-refractivity contribution < 1.29 is 13.5 Å². The topological polar surface area (TPSA) is 81.4 Å². The Morgan fingerprint density at radius 2 is 2.14 bits per heavy atom. The summed E-state index contributed by atoms with van der Waals surface area (Å²) in [6.07, 6.45) is 1.57. The summed E-state index contributed by atoms with van der Waals surface area (Å²) < 4.78 is 27.2. The number of aliphatic hydroxyl groups is 1. The van der Waals surface area contributed by atoms with Crippen LogP contribution in [0.25, 0.3) is 0 Å². The summed E-state index contributed by atoms with van der Waals surface area (Å²) in [5.41, 5.74) is 0.967. The van der Waals surface area contributed by atoms with E-state index in [9.17, 15) is 13.5 Å². The van der Waals surface area contributed by atoms with E-state index in [1.54, 1.807) is 19.1 Å². The van der Waals surface area contributed by atoms with Crippen molar-refractivity contribution >= 4 is 10.0 Å². The molecule has 1 aromatic rings. The number of hydrogen-bond acceptors (Lipinski definition) is 4. The summed E-state index contributed by atoms with van der Waals surface area (Å²) in [5, 5.41) is 18.3. The smallest absolute Gasteiger partial charge is 0.243 e. The summed E-state index contributed by atoms with van der Waals surface area (Å²) in [6, 6.07) is 6.59. The molecule has 2 unspecified atom stereocenters. The molecule has 2 rings (SSSR count). The van der Waals surface area contributed by atoms with Crippen LogP contribution in [0.15, 0.2) is 23.1 Å². The van der Waals surface area contributed by atoms with Crippen molar-refractivity contribution in [1.82, 2.24) is 4.31 Å². The molecule has 0 spiro atoms. The second kappa shape index (κ2) is 6.14. The summed E-state index contributed by atoms with van der Waals surface area (Å²) in [4.78, 5) is 0.187. The van der Waals surface area contributed by atoms with Crippen molar-refractivity contribution in [1.29, 1.82) is 5.26 Å². The van der Waals surface area contributed by atoms with Gasteiger partial charge in [-0.2, -0.15) is 9.57 Å². The Balaban J connectivity index is 2.44. The highest BCUT2D eigenvalue weighted by Crippen LogP contribution is 2.29. The molecule has 0 aromatic heterocycles. The molecule has 114 valence electrons. The molecule has 1 N–H and O–H groups in total. The van der Waals surface area contributed by atoms with E-state index in [-0.39, 0.29) is 23.5 Å². The number of nitriles is 1. The molecular formula is C15H20N2O3S. The Hall–Kier alpha value is -1.42. The fraction of sp³-hybridized carbons (Fsp3) is 0.533. The highest BCUT2D eigenvalue weighted by atomic mass is 32.2. The molecule has 6 heteroatoms. The van der Waals surface area contributed by atoms with Gasteiger partial charge in [-0.1, -0.05) is 6.07 Å². The minimum Gasteiger partial charge on any atom is -0.396 e. The van der Waals surface area contributed by atoms with E-state index in [1.165, 1.54) is 10.4 Å². The van der Waals surface area contributed by atoms with Gasteiger partial charge in [0, 0.05) is 19.2 Å². The Kier molecular flexibility index (Phi) is 4.67. The van der Waals surface area contributed by atoms with Gasteiger partial charge in [0.1, 0.15) is 0 Å². The molecule has 0 bridgehead atoms. The summed E-state index contributed by atoms with van der Waals surface area (Å²) in [5.74, 6) is -0.0181. The molecule has 21 heavy (non-hydrogen) atoms. The third-order valence-electron chi connectivity index (χ3n) is 4.08. The van der Waals surface area contributed by atoms with Crippen LogP contribution in [0.2, 0.25) is 0 Å². The fourth-order valence-electron chi connectivity index (χ4n) is 2.70. The second-order valence-electron chi connectivity index (χ2n) is 5.64. The van der Waals surface area contributed by atoms with Crippen LogP contribution in [0.5, 0.6) is 0 Å². The van der Waals surface area contributed by atoms with Crippen molar-refractivity contribution in [3.05, 3.63) is 29.3 Å². The summed E-state index contributed by atoms with van der Waals surface area (Å²) >= 11 is 0. The number of piperidine rings is 1.